The Morgan fingerprint density at radius 1 is 1.05 bits per heavy atom. The van der Waals surface area contributed by atoms with Crippen molar-refractivity contribution < 1.29 is 18.7 Å². The number of fused-ring (bicyclic) bond motifs is 2. The molecule has 4 heterocycles. The van der Waals surface area contributed by atoms with Gasteiger partial charge in [0, 0.05) is 29.9 Å². The van der Waals surface area contributed by atoms with E-state index < -0.39 is 11.6 Å². The molecule has 1 aliphatic carbocycles. The van der Waals surface area contributed by atoms with Gasteiger partial charge >= 0.3 is 0 Å². The van der Waals surface area contributed by atoms with E-state index in [1.54, 1.807) is 52.5 Å². The zero-order valence-electron chi connectivity index (χ0n) is 21.9. The van der Waals surface area contributed by atoms with E-state index in [0.29, 0.717) is 60.9 Å². The van der Waals surface area contributed by atoms with E-state index in [0.717, 1.165) is 30.7 Å². The van der Waals surface area contributed by atoms with Crippen molar-refractivity contribution in [3.63, 3.8) is 0 Å². The van der Waals surface area contributed by atoms with Gasteiger partial charge in [-0.15, -0.1) is 0 Å². The van der Waals surface area contributed by atoms with Crippen LogP contribution in [0.1, 0.15) is 71.0 Å². The Labute approximate surface area is 230 Å². The van der Waals surface area contributed by atoms with Crippen molar-refractivity contribution in [1.29, 1.82) is 0 Å². The van der Waals surface area contributed by atoms with Crippen molar-refractivity contribution >= 4 is 17.8 Å². The molecular weight excluding hydrogens is 511 g/mol. The Balaban J connectivity index is 1.21. The number of nitrogens with two attached hydrogens (primary N) is 1. The van der Waals surface area contributed by atoms with Crippen molar-refractivity contribution in [2.24, 2.45) is 16.6 Å². The van der Waals surface area contributed by atoms with Crippen LogP contribution < -0.4 is 10.5 Å². The summed E-state index contributed by atoms with van der Waals surface area (Å²) in [4.78, 5) is 44.6. The van der Waals surface area contributed by atoms with Crippen molar-refractivity contribution in [2.75, 3.05) is 6.61 Å². The zero-order chi connectivity index (χ0) is 27.4. The molecule has 0 saturated heterocycles. The van der Waals surface area contributed by atoms with E-state index in [-0.39, 0.29) is 23.6 Å². The number of carbonyl (C=O) groups excluding carboxylic acids is 2. The summed E-state index contributed by atoms with van der Waals surface area (Å²) in [6.45, 7) is 1.18. The number of carbonyl (C=O) groups is 2. The van der Waals surface area contributed by atoms with Gasteiger partial charge in [-0.25, -0.2) is 9.38 Å². The molecule has 40 heavy (non-hydrogen) atoms. The third-order valence-electron chi connectivity index (χ3n) is 8.46. The fourth-order valence-corrected chi connectivity index (χ4v) is 6.12. The highest BCUT2D eigenvalue weighted by Crippen LogP contribution is 2.46. The lowest BCUT2D eigenvalue weighted by Crippen LogP contribution is -2.46. The van der Waals surface area contributed by atoms with Gasteiger partial charge in [0.05, 0.1) is 37.1 Å². The number of aromatic nitrogens is 2. The summed E-state index contributed by atoms with van der Waals surface area (Å²) in [6.07, 6.45) is 7.40. The molecule has 2 aromatic carbocycles. The normalized spacial score (nSPS) is 23.5. The summed E-state index contributed by atoms with van der Waals surface area (Å²) in [5, 5.41) is 0. The van der Waals surface area contributed by atoms with E-state index in [9.17, 15) is 14.0 Å². The summed E-state index contributed by atoms with van der Waals surface area (Å²) in [7, 11) is 0. The molecule has 2 amide bonds. The average Bonchev–Trinajstić information content (AvgIpc) is 3.64. The summed E-state index contributed by atoms with van der Waals surface area (Å²) < 4.78 is 19.7. The molecule has 4 aliphatic rings. The van der Waals surface area contributed by atoms with Crippen LogP contribution in [-0.2, 0) is 23.4 Å². The van der Waals surface area contributed by atoms with Crippen LogP contribution in [0, 0.1) is 11.7 Å². The van der Waals surface area contributed by atoms with E-state index in [1.807, 2.05) is 0 Å². The summed E-state index contributed by atoms with van der Waals surface area (Å²) >= 11 is 0. The van der Waals surface area contributed by atoms with Gasteiger partial charge in [0.1, 0.15) is 11.6 Å². The summed E-state index contributed by atoms with van der Waals surface area (Å²) in [6, 6.07) is 10.9. The van der Waals surface area contributed by atoms with Gasteiger partial charge in [0.15, 0.2) is 11.5 Å². The third kappa shape index (κ3) is 4.09. The first-order chi connectivity index (χ1) is 19.4. The first kappa shape index (κ1) is 24.7. The Bertz CT molecular complexity index is 1510. The lowest BCUT2D eigenvalue weighted by atomic mass is 9.84. The molecule has 0 radical (unpaired) electrons. The SMILES string of the molecule is NC1=N[C@](CCC2CC2)(c2ccc(F)cc2)C(=O)N1[C@@H]1CCOc2ccc(C(=O)N3Cc4nccnc4C3)cc21. The molecule has 2 atom stereocenters. The first-order valence-corrected chi connectivity index (χ1v) is 13.7. The number of amides is 2. The van der Waals surface area contributed by atoms with Crippen molar-refractivity contribution in [1.82, 2.24) is 19.8 Å². The molecule has 1 fully saturated rings. The minimum absolute atomic E-state index is 0.131. The second-order valence-corrected chi connectivity index (χ2v) is 11.0. The highest BCUT2D eigenvalue weighted by molar-refractivity contribution is 6.07. The molecule has 3 aliphatic heterocycles. The van der Waals surface area contributed by atoms with Crippen LogP contribution in [0.15, 0.2) is 59.9 Å². The Kier molecular flexibility index (Phi) is 5.80. The Morgan fingerprint density at radius 3 is 2.48 bits per heavy atom. The molecule has 0 spiro atoms. The van der Waals surface area contributed by atoms with Crippen molar-refractivity contribution in [3.05, 3.63) is 88.8 Å². The van der Waals surface area contributed by atoms with E-state index in [2.05, 4.69) is 9.97 Å². The predicted octanol–water partition coefficient (Wildman–Crippen LogP) is 3.84. The first-order valence-electron chi connectivity index (χ1n) is 13.7. The molecule has 2 N–H and O–H groups in total. The van der Waals surface area contributed by atoms with Crippen LogP contribution in [0.3, 0.4) is 0 Å². The van der Waals surface area contributed by atoms with E-state index in [1.165, 1.54) is 12.1 Å². The monoisotopic (exact) mass is 540 g/mol. The maximum atomic E-state index is 14.3. The summed E-state index contributed by atoms with van der Waals surface area (Å²) in [5.41, 5.74) is 8.75. The quantitative estimate of drug-likeness (QED) is 0.508. The lowest BCUT2D eigenvalue weighted by Gasteiger charge is -2.35. The molecule has 0 unspecified atom stereocenters. The molecule has 9 nitrogen and oxygen atoms in total. The van der Waals surface area contributed by atoms with Crippen molar-refractivity contribution in [3.8, 4) is 5.75 Å². The van der Waals surface area contributed by atoms with Crippen LogP contribution in [0.5, 0.6) is 5.75 Å². The number of nitrogens with zero attached hydrogens (tertiary/aromatic N) is 5. The minimum atomic E-state index is -1.20. The van der Waals surface area contributed by atoms with Gasteiger partial charge in [0.25, 0.3) is 11.8 Å². The van der Waals surface area contributed by atoms with Crippen LogP contribution in [-0.4, -0.2) is 44.1 Å². The molecule has 10 heteroatoms. The fourth-order valence-electron chi connectivity index (χ4n) is 6.12. The standard InChI is InChI=1S/C30H29FN6O3/c31-21-6-4-20(5-7-21)30(11-9-18-1-2-18)28(39)37(29(32)35-30)25-10-14-40-26-8-3-19(15-22(25)26)27(38)36-16-23-24(17-36)34-13-12-33-23/h3-8,12-13,15,18,25H,1-2,9-11,14,16-17H2,(H2,32,35)/t25-,30-/m1/s1. The average molecular weight is 541 g/mol. The van der Waals surface area contributed by atoms with Gasteiger partial charge in [-0.05, 0) is 54.7 Å². The van der Waals surface area contributed by atoms with Gasteiger partial charge in [0.2, 0.25) is 0 Å². The Morgan fingerprint density at radius 2 is 1.77 bits per heavy atom. The maximum absolute atomic E-state index is 14.3. The smallest absolute Gasteiger partial charge is 0.262 e. The zero-order valence-corrected chi connectivity index (χ0v) is 21.9. The fraction of sp³-hybridized carbons (Fsp3) is 0.367. The Hall–Kier alpha value is -4.34. The van der Waals surface area contributed by atoms with Crippen LogP contribution in [0.25, 0.3) is 0 Å². The molecule has 1 saturated carbocycles. The van der Waals surface area contributed by atoms with E-state index >= 15 is 0 Å². The molecule has 3 aromatic rings. The number of hydrogen-bond acceptors (Lipinski definition) is 7. The molecule has 7 rings (SSSR count). The number of halogens is 1. The maximum Gasteiger partial charge on any atom is 0.262 e. The summed E-state index contributed by atoms with van der Waals surface area (Å²) in [5.74, 6) is 0.578. The number of ether oxygens (including phenoxy) is 1. The number of hydrogen-bond donors (Lipinski definition) is 1. The highest BCUT2D eigenvalue weighted by Gasteiger charge is 2.52. The number of rotatable bonds is 6. The second-order valence-electron chi connectivity index (χ2n) is 11.0. The van der Waals surface area contributed by atoms with Gasteiger partial charge in [-0.3, -0.25) is 24.5 Å². The third-order valence-corrected chi connectivity index (χ3v) is 8.46. The van der Waals surface area contributed by atoms with Gasteiger partial charge in [-0.2, -0.15) is 0 Å². The van der Waals surface area contributed by atoms with Crippen LogP contribution >= 0.6 is 0 Å². The number of guanidine groups is 1. The van der Waals surface area contributed by atoms with Crippen LogP contribution in [0.4, 0.5) is 4.39 Å². The minimum Gasteiger partial charge on any atom is -0.493 e. The number of aliphatic imine (C=N–C) groups is 1. The predicted molar refractivity (Wildman–Crippen MR) is 143 cm³/mol. The van der Waals surface area contributed by atoms with E-state index in [4.69, 9.17) is 15.5 Å². The van der Waals surface area contributed by atoms with Crippen LogP contribution in [0.2, 0.25) is 0 Å². The molecule has 204 valence electrons. The van der Waals surface area contributed by atoms with Gasteiger partial charge < -0.3 is 15.4 Å². The van der Waals surface area contributed by atoms with Gasteiger partial charge in [-0.1, -0.05) is 25.0 Å². The topological polar surface area (TPSA) is 114 Å². The van der Waals surface area contributed by atoms with Crippen molar-refractivity contribution in [2.45, 2.75) is 56.8 Å². The largest absolute Gasteiger partial charge is 0.493 e. The number of benzene rings is 2. The molecule has 1 aromatic heterocycles. The second kappa shape index (κ2) is 9.39. The highest BCUT2D eigenvalue weighted by atomic mass is 19.1. The molecular formula is C30H29FN6O3. The molecule has 0 bridgehead atoms. The lowest BCUT2D eigenvalue weighted by molar-refractivity contribution is -0.134.